The molecule has 2 aromatic rings. The number of aromatic nitrogens is 2. The van der Waals surface area contributed by atoms with Crippen LogP contribution in [0.1, 0.15) is 19.3 Å². The predicted octanol–water partition coefficient (Wildman–Crippen LogP) is 1.71. The maximum absolute atomic E-state index is 12.6. The molecule has 10 heteroatoms. The average molecular weight is 408 g/mol. The number of carbonyl (C=O) groups is 1. The van der Waals surface area contributed by atoms with E-state index in [9.17, 15) is 13.2 Å². The van der Waals surface area contributed by atoms with E-state index in [-0.39, 0.29) is 17.5 Å². The monoisotopic (exact) mass is 408 g/mol. The molecule has 1 aliphatic heterocycles. The lowest BCUT2D eigenvalue weighted by Gasteiger charge is -2.24. The Morgan fingerprint density at radius 3 is 2.36 bits per heavy atom. The zero-order valence-corrected chi connectivity index (χ0v) is 16.7. The van der Waals surface area contributed by atoms with Gasteiger partial charge in [0.2, 0.25) is 5.91 Å². The van der Waals surface area contributed by atoms with Gasteiger partial charge in [-0.2, -0.15) is 4.31 Å². The summed E-state index contributed by atoms with van der Waals surface area (Å²) in [5, 5.41) is 2.71. The first-order chi connectivity index (χ1) is 13.4. The van der Waals surface area contributed by atoms with Gasteiger partial charge >= 0.3 is 0 Å². The van der Waals surface area contributed by atoms with Crippen molar-refractivity contribution in [1.82, 2.24) is 13.9 Å². The zero-order chi connectivity index (χ0) is 20.1. The first-order valence-corrected chi connectivity index (χ1v) is 10.4. The van der Waals surface area contributed by atoms with Crippen molar-refractivity contribution in [1.29, 1.82) is 0 Å². The third kappa shape index (κ3) is 4.63. The molecule has 1 fully saturated rings. The van der Waals surface area contributed by atoms with Gasteiger partial charge in [-0.3, -0.25) is 4.79 Å². The fourth-order valence-corrected chi connectivity index (χ4v) is 4.50. The van der Waals surface area contributed by atoms with Gasteiger partial charge in [0.1, 0.15) is 18.0 Å². The largest absolute Gasteiger partial charge is 0.497 e. The van der Waals surface area contributed by atoms with Crippen LogP contribution in [0.4, 0.5) is 5.69 Å². The Bertz CT molecular complexity index is 913. The summed E-state index contributed by atoms with van der Waals surface area (Å²) >= 11 is 0. The quantitative estimate of drug-likeness (QED) is 0.748. The van der Waals surface area contributed by atoms with E-state index in [0.29, 0.717) is 30.3 Å². The van der Waals surface area contributed by atoms with Gasteiger partial charge in [-0.25, -0.2) is 13.4 Å². The normalized spacial score (nSPS) is 15.2. The molecule has 0 spiro atoms. The topological polar surface area (TPSA) is 103 Å². The van der Waals surface area contributed by atoms with Gasteiger partial charge in [0.25, 0.3) is 10.0 Å². The number of amides is 1. The first-order valence-electron chi connectivity index (χ1n) is 8.97. The second-order valence-corrected chi connectivity index (χ2v) is 8.38. The number of rotatable bonds is 7. The Labute approximate surface area is 164 Å². The van der Waals surface area contributed by atoms with Gasteiger partial charge in [-0.05, 0) is 12.8 Å². The van der Waals surface area contributed by atoms with Crippen molar-refractivity contribution >= 4 is 21.6 Å². The summed E-state index contributed by atoms with van der Waals surface area (Å²) in [7, 11) is -0.569. The lowest BCUT2D eigenvalue weighted by Crippen LogP contribution is -2.35. The number of nitrogens with zero attached hydrogens (tertiary/aromatic N) is 3. The number of hydrogen-bond acceptors (Lipinski definition) is 6. The lowest BCUT2D eigenvalue weighted by atomic mass is 10.2. The van der Waals surface area contributed by atoms with Crippen molar-refractivity contribution < 1.29 is 22.7 Å². The van der Waals surface area contributed by atoms with E-state index in [0.717, 1.165) is 19.3 Å². The fourth-order valence-electron chi connectivity index (χ4n) is 3.04. The third-order valence-electron chi connectivity index (χ3n) is 4.49. The molecule has 1 amide bonds. The molecule has 0 radical (unpaired) electrons. The molecule has 2 heterocycles. The van der Waals surface area contributed by atoms with Crippen LogP contribution >= 0.6 is 0 Å². The standard InChI is InChI=1S/C18H24N4O5S/c1-26-15-8-14(9-16(10-15)27-2)20-17(23)11-21-12-18(19-13-21)28(24,25)22-6-4-3-5-7-22/h8-10,12-13H,3-7,11H2,1-2H3,(H,20,23). The van der Waals surface area contributed by atoms with Crippen LogP contribution in [-0.2, 0) is 21.4 Å². The molecule has 1 saturated heterocycles. The van der Waals surface area contributed by atoms with Crippen LogP contribution in [0.25, 0.3) is 0 Å². The van der Waals surface area contributed by atoms with E-state index < -0.39 is 10.0 Å². The molecule has 1 aromatic carbocycles. The zero-order valence-electron chi connectivity index (χ0n) is 15.9. The summed E-state index contributed by atoms with van der Waals surface area (Å²) in [4.78, 5) is 16.3. The highest BCUT2D eigenvalue weighted by Gasteiger charge is 2.28. The number of methoxy groups -OCH3 is 2. The molecular formula is C18H24N4O5S. The molecule has 0 aliphatic carbocycles. The number of piperidine rings is 1. The average Bonchev–Trinajstić information content (AvgIpc) is 3.17. The molecule has 0 unspecified atom stereocenters. The second kappa shape index (κ2) is 8.61. The number of imidazole rings is 1. The van der Waals surface area contributed by atoms with Crippen LogP contribution in [0, 0.1) is 0 Å². The molecular weight excluding hydrogens is 384 g/mol. The van der Waals surface area contributed by atoms with Crippen molar-refractivity contribution in [3.8, 4) is 11.5 Å². The first kappa shape index (κ1) is 20.2. The number of sulfonamides is 1. The molecule has 0 bridgehead atoms. The van der Waals surface area contributed by atoms with E-state index in [1.807, 2.05) is 0 Å². The Morgan fingerprint density at radius 1 is 1.11 bits per heavy atom. The van der Waals surface area contributed by atoms with Gasteiger partial charge < -0.3 is 19.4 Å². The predicted molar refractivity (Wildman–Crippen MR) is 103 cm³/mol. The number of nitrogens with one attached hydrogen (secondary N) is 1. The van der Waals surface area contributed by atoms with Crippen molar-refractivity contribution in [3.63, 3.8) is 0 Å². The summed E-state index contributed by atoms with van der Waals surface area (Å²) in [6.07, 6.45) is 5.48. The summed E-state index contributed by atoms with van der Waals surface area (Å²) < 4.78 is 38.5. The SMILES string of the molecule is COc1cc(NC(=O)Cn2cnc(S(=O)(=O)N3CCCCC3)c2)cc(OC)c1. The van der Waals surface area contributed by atoms with Crippen LogP contribution in [0.3, 0.4) is 0 Å². The molecule has 0 saturated carbocycles. The van der Waals surface area contributed by atoms with E-state index in [1.165, 1.54) is 35.6 Å². The highest BCUT2D eigenvalue weighted by atomic mass is 32.2. The summed E-state index contributed by atoms with van der Waals surface area (Å²) in [5.74, 6) is 0.772. The van der Waals surface area contributed by atoms with E-state index in [4.69, 9.17) is 9.47 Å². The Hall–Kier alpha value is -2.59. The highest BCUT2D eigenvalue weighted by molar-refractivity contribution is 7.89. The van der Waals surface area contributed by atoms with Gasteiger partial charge in [0, 0.05) is 43.2 Å². The molecule has 9 nitrogen and oxygen atoms in total. The summed E-state index contributed by atoms with van der Waals surface area (Å²) in [6.45, 7) is 0.947. The number of anilines is 1. The molecule has 1 N–H and O–H groups in total. The minimum absolute atomic E-state index is 0.0368. The van der Waals surface area contributed by atoms with Gasteiger partial charge in [0.05, 0.1) is 20.5 Å². The van der Waals surface area contributed by atoms with Crippen LogP contribution in [0.2, 0.25) is 0 Å². The fraction of sp³-hybridized carbons (Fsp3) is 0.444. The Balaban J connectivity index is 1.67. The van der Waals surface area contributed by atoms with Crippen LogP contribution in [0.15, 0.2) is 35.7 Å². The van der Waals surface area contributed by atoms with Crippen molar-refractivity contribution in [2.75, 3.05) is 32.6 Å². The van der Waals surface area contributed by atoms with Crippen molar-refractivity contribution in [3.05, 3.63) is 30.7 Å². The van der Waals surface area contributed by atoms with Crippen molar-refractivity contribution in [2.24, 2.45) is 0 Å². The summed E-state index contributed by atoms with van der Waals surface area (Å²) in [5.41, 5.74) is 0.516. The van der Waals surface area contributed by atoms with E-state index in [2.05, 4.69) is 10.3 Å². The van der Waals surface area contributed by atoms with E-state index in [1.54, 1.807) is 18.2 Å². The summed E-state index contributed by atoms with van der Waals surface area (Å²) in [6, 6.07) is 5.03. The van der Waals surface area contributed by atoms with Crippen molar-refractivity contribution in [2.45, 2.75) is 30.8 Å². The maximum atomic E-state index is 12.6. The smallest absolute Gasteiger partial charge is 0.262 e. The highest BCUT2D eigenvalue weighted by Crippen LogP contribution is 2.26. The second-order valence-electron chi connectivity index (χ2n) is 6.50. The Kier molecular flexibility index (Phi) is 6.20. The molecule has 28 heavy (non-hydrogen) atoms. The molecule has 1 aliphatic rings. The number of hydrogen-bond donors (Lipinski definition) is 1. The number of carbonyl (C=O) groups excluding carboxylic acids is 1. The van der Waals surface area contributed by atoms with E-state index >= 15 is 0 Å². The molecule has 1 aromatic heterocycles. The third-order valence-corrected chi connectivity index (χ3v) is 6.27. The minimum atomic E-state index is -3.62. The molecule has 0 atom stereocenters. The lowest BCUT2D eigenvalue weighted by molar-refractivity contribution is -0.116. The number of benzene rings is 1. The van der Waals surface area contributed by atoms with Gasteiger partial charge in [0.15, 0.2) is 5.03 Å². The van der Waals surface area contributed by atoms with Crippen LogP contribution in [0.5, 0.6) is 11.5 Å². The molecule has 152 valence electrons. The van der Waals surface area contributed by atoms with Crippen LogP contribution in [-0.4, -0.2) is 55.5 Å². The van der Waals surface area contributed by atoms with Gasteiger partial charge in [-0.15, -0.1) is 0 Å². The maximum Gasteiger partial charge on any atom is 0.262 e. The molecule has 3 rings (SSSR count). The minimum Gasteiger partial charge on any atom is -0.497 e. The van der Waals surface area contributed by atoms with Gasteiger partial charge in [-0.1, -0.05) is 6.42 Å². The Morgan fingerprint density at radius 2 is 1.75 bits per heavy atom. The number of ether oxygens (including phenoxy) is 2. The van der Waals surface area contributed by atoms with Crippen LogP contribution < -0.4 is 14.8 Å².